The molecule has 0 heterocycles. The van der Waals surface area contributed by atoms with E-state index in [9.17, 15) is 0 Å². The number of rotatable bonds is 9. The summed E-state index contributed by atoms with van der Waals surface area (Å²) in [7, 11) is 59.8. The lowest BCUT2D eigenvalue weighted by molar-refractivity contribution is 3.41. The van der Waals surface area contributed by atoms with Gasteiger partial charge < -0.3 is 0 Å². The van der Waals surface area contributed by atoms with E-state index in [4.69, 9.17) is 77.4 Å². The maximum absolute atomic E-state index is 6.03. The fraction of sp³-hybridized carbons (Fsp3) is 0. The van der Waals surface area contributed by atoms with E-state index in [1.54, 1.807) is 7.06 Å². The van der Waals surface area contributed by atoms with E-state index in [0.29, 0.717) is 0 Å². The summed E-state index contributed by atoms with van der Waals surface area (Å²) < 4.78 is 0. The minimum absolute atomic E-state index is 0.454. The summed E-state index contributed by atoms with van der Waals surface area (Å²) in [5.41, 5.74) is 0. The Morgan fingerprint density at radius 3 is 1.20 bits per heavy atom. The average Bonchev–Trinajstić information content (AvgIpc) is 2.26. The van der Waals surface area contributed by atoms with Gasteiger partial charge in [0, 0.05) is 143 Å². The molecule has 0 nitrogen and oxygen atoms in total. The maximum Gasteiger partial charge on any atom is 0 e. The maximum atomic E-state index is 6.03. The Labute approximate surface area is 142 Å². The van der Waals surface area contributed by atoms with E-state index in [0.717, 1.165) is 0 Å². The van der Waals surface area contributed by atoms with Gasteiger partial charge in [0.15, 0.2) is 0 Å². The molecule has 0 aliphatic carbocycles. The first kappa shape index (κ1) is 21.3. The Morgan fingerprint density at radius 2 is 0.950 bits per heavy atom. The van der Waals surface area contributed by atoms with Crippen LogP contribution in [0.3, 0.4) is 0 Å². The van der Waals surface area contributed by atoms with Crippen molar-refractivity contribution in [2.45, 2.75) is 0 Å². The summed E-state index contributed by atoms with van der Waals surface area (Å²) in [5, 5.41) is 0. The lowest BCUT2D eigenvalue weighted by Gasteiger charge is -2.34. The molecule has 0 fully saturated rings. The topological polar surface area (TPSA) is 0 Å². The molecule has 0 saturated heterocycles. The SMILES string of the molecule is [B][B]B(B([B])[B])B([B]B([B])B(B([B])[B])B([B])[B])B([B])[B]. The molecular formula is B20. The quantitative estimate of drug-likeness (QED) is 0.336. The van der Waals surface area contributed by atoms with E-state index in [1.165, 1.54) is 7.06 Å². The van der Waals surface area contributed by atoms with Crippen molar-refractivity contribution < 1.29 is 0 Å². The van der Waals surface area contributed by atoms with Crippen molar-refractivity contribution in [2.24, 2.45) is 0 Å². The second-order valence-corrected chi connectivity index (χ2v) is 5.00. The standard InChI is InChI=1S/B20/c1-11-18(13(2)3)19(14(4)5)12-17(10)20(15(6)7)16(8)9. The summed E-state index contributed by atoms with van der Waals surface area (Å²) in [6.45, 7) is 0. The van der Waals surface area contributed by atoms with Gasteiger partial charge in [0.2, 0.25) is 0 Å². The summed E-state index contributed by atoms with van der Waals surface area (Å²) in [6.07, 6.45) is -5.17. The number of hydrogen-bond donors (Lipinski definition) is 0. The van der Waals surface area contributed by atoms with Gasteiger partial charge in [0.25, 0.3) is 0 Å². The highest BCUT2D eigenvalue weighted by molar-refractivity contribution is 8.11. The van der Waals surface area contributed by atoms with Crippen molar-refractivity contribution in [1.29, 1.82) is 0 Å². The molecule has 0 aromatic heterocycles. The third-order valence-corrected chi connectivity index (χ3v) is 3.33. The van der Waals surface area contributed by atoms with Crippen LogP contribution in [0.4, 0.5) is 0 Å². The van der Waals surface area contributed by atoms with Crippen molar-refractivity contribution in [3.05, 3.63) is 0 Å². The summed E-state index contributed by atoms with van der Waals surface area (Å²) in [6, 6.07) is 0. The Kier molecular flexibility index (Phi) is 10.8. The zero-order chi connectivity index (χ0) is 16.0. The van der Waals surface area contributed by atoms with Gasteiger partial charge in [-0.1, -0.05) is 0 Å². The Balaban J connectivity index is 4.98. The van der Waals surface area contributed by atoms with Gasteiger partial charge in [-0.15, -0.1) is 0 Å². The zero-order valence-corrected chi connectivity index (χ0v) is 11.5. The average molecular weight is 216 g/mol. The largest absolute Gasteiger partial charge is 0 e. The second-order valence-electron chi connectivity index (χ2n) is 5.00. The van der Waals surface area contributed by atoms with Gasteiger partial charge in [-0.05, 0) is 0 Å². The molecule has 20 heavy (non-hydrogen) atoms. The van der Waals surface area contributed by atoms with E-state index >= 15 is 0 Å². The van der Waals surface area contributed by atoms with Gasteiger partial charge in [-0.2, -0.15) is 0 Å². The highest BCUT2D eigenvalue weighted by Gasteiger charge is 2.35. The van der Waals surface area contributed by atoms with Crippen LogP contribution in [0, 0.1) is 0 Å². The van der Waals surface area contributed by atoms with Crippen LogP contribution in [0.15, 0.2) is 0 Å². The van der Waals surface area contributed by atoms with Crippen LogP contribution in [0.2, 0.25) is 0 Å². The molecule has 0 amide bonds. The summed E-state index contributed by atoms with van der Waals surface area (Å²) in [5.74, 6) is 0. The van der Waals surface area contributed by atoms with E-state index in [2.05, 4.69) is 0 Å². The van der Waals surface area contributed by atoms with Gasteiger partial charge in [-0.3, -0.25) is 0 Å². The lowest BCUT2D eigenvalue weighted by Crippen LogP contribution is -2.72. The Morgan fingerprint density at radius 1 is 0.550 bits per heavy atom. The van der Waals surface area contributed by atoms with Crippen LogP contribution in [0.5, 0.6) is 0 Å². The van der Waals surface area contributed by atoms with Crippen LogP contribution in [-0.4, -0.2) is 143 Å². The molecule has 0 aliphatic rings. The van der Waals surface area contributed by atoms with Gasteiger partial charge >= 0.3 is 0 Å². The molecule has 20 heteroatoms. The van der Waals surface area contributed by atoms with Crippen molar-refractivity contribution in [3.63, 3.8) is 0 Å². The molecule has 0 N–H and O–H groups in total. The molecule has 0 unspecified atom stereocenters. The van der Waals surface area contributed by atoms with Crippen molar-refractivity contribution >= 4 is 143 Å². The van der Waals surface area contributed by atoms with Gasteiger partial charge in [-0.25, -0.2) is 0 Å². The van der Waals surface area contributed by atoms with E-state index in [1.807, 2.05) is 0 Å². The van der Waals surface area contributed by atoms with Crippen molar-refractivity contribution in [3.8, 4) is 0 Å². The second kappa shape index (κ2) is 10.1. The van der Waals surface area contributed by atoms with Crippen LogP contribution in [0.25, 0.3) is 0 Å². The van der Waals surface area contributed by atoms with Crippen LogP contribution < -0.4 is 0 Å². The monoisotopic (exact) mass is 220 g/mol. The Hall–Kier alpha value is 1.30. The highest BCUT2D eigenvalue weighted by atomic mass is 13.2. The fourth-order valence-electron chi connectivity index (χ4n) is 2.18. The molecule has 0 aliphatic heterocycles. The third kappa shape index (κ3) is 6.60. The summed E-state index contributed by atoms with van der Waals surface area (Å²) >= 11 is 0. The van der Waals surface area contributed by atoms with Crippen LogP contribution in [-0.2, 0) is 0 Å². The highest BCUT2D eigenvalue weighted by Crippen LogP contribution is 1.97. The van der Waals surface area contributed by atoms with Crippen LogP contribution in [0.1, 0.15) is 0 Å². The molecule has 0 bridgehead atoms. The molecule has 0 aromatic carbocycles. The van der Waals surface area contributed by atoms with E-state index < -0.39 is 51.1 Å². The third-order valence-electron chi connectivity index (χ3n) is 3.33. The van der Waals surface area contributed by atoms with Crippen molar-refractivity contribution in [1.82, 2.24) is 0 Å². The van der Waals surface area contributed by atoms with Crippen LogP contribution >= 0.6 is 0 Å². The van der Waals surface area contributed by atoms with Gasteiger partial charge in [0.05, 0.1) is 0 Å². The fourth-order valence-corrected chi connectivity index (χ4v) is 2.18. The zero-order valence-electron chi connectivity index (χ0n) is 11.5. The van der Waals surface area contributed by atoms with Gasteiger partial charge in [0.1, 0.15) is 0 Å². The first-order valence-electron chi connectivity index (χ1n) is 6.33. The normalized spacial score (nSPS) is 9.00. The molecular weight excluding hydrogens is 216 g/mol. The molecule has 0 atom stereocenters. The first-order chi connectivity index (χ1) is 9.13. The van der Waals surface area contributed by atoms with E-state index in [-0.39, 0.29) is 0 Å². The molecule has 0 spiro atoms. The molecule has 0 aromatic rings. The Bertz CT molecular complexity index is 228. The minimum Gasteiger partial charge on any atom is 0 e. The minimum atomic E-state index is -0.789. The number of hydrogen-bond acceptors (Lipinski definition) is 0. The smallest absolute Gasteiger partial charge is 0 e. The molecule has 0 rings (SSSR count). The molecule has 22 radical (unpaired) electrons. The first-order valence-corrected chi connectivity index (χ1v) is 6.33. The molecule has 0 saturated carbocycles. The predicted octanol–water partition coefficient (Wildman–Crippen LogP) is -7.62. The lowest BCUT2D eigenvalue weighted by atomic mass is 8.47. The molecule has 60 valence electrons. The predicted molar refractivity (Wildman–Crippen MR) is 115 cm³/mol. The summed E-state index contributed by atoms with van der Waals surface area (Å²) in [4.78, 5) is 0. The van der Waals surface area contributed by atoms with Crippen molar-refractivity contribution in [2.75, 3.05) is 0 Å².